The zero-order chi connectivity index (χ0) is 17.3. The molecule has 0 fully saturated rings. The number of ether oxygens (including phenoxy) is 1. The fourth-order valence-electron chi connectivity index (χ4n) is 3.75. The topological polar surface area (TPSA) is 29.5 Å². The van der Waals surface area contributed by atoms with E-state index in [1.165, 1.54) is 16.7 Å². The van der Waals surface area contributed by atoms with E-state index in [2.05, 4.69) is 36.9 Å². The summed E-state index contributed by atoms with van der Waals surface area (Å²) in [6.45, 7) is 11.2. The van der Waals surface area contributed by atoms with Gasteiger partial charge in [-0.2, -0.15) is 0 Å². The Morgan fingerprint density at radius 3 is 2.67 bits per heavy atom. The van der Waals surface area contributed by atoms with Gasteiger partial charge in [-0.1, -0.05) is 24.3 Å². The zero-order valence-corrected chi connectivity index (χ0v) is 15.0. The molecular weight excluding hydrogens is 298 g/mol. The van der Waals surface area contributed by atoms with Crippen molar-refractivity contribution in [3.8, 4) is 5.75 Å². The molecule has 1 aliphatic rings. The Hall–Kier alpha value is -2.13. The van der Waals surface area contributed by atoms with E-state index < -0.39 is 0 Å². The molecule has 1 aliphatic heterocycles. The fraction of sp³-hybridized carbons (Fsp3) is 0.381. The highest BCUT2D eigenvalue weighted by molar-refractivity contribution is 5.97. The van der Waals surface area contributed by atoms with Gasteiger partial charge in [-0.05, 0) is 56.0 Å². The maximum atomic E-state index is 12.0. The smallest absolute Gasteiger partial charge is 0.160 e. The summed E-state index contributed by atoms with van der Waals surface area (Å²) in [5.41, 5.74) is 6.83. The third-order valence-corrected chi connectivity index (χ3v) is 4.90. The molecule has 3 nitrogen and oxygen atoms in total. The summed E-state index contributed by atoms with van der Waals surface area (Å²) in [7, 11) is 0. The minimum Gasteiger partial charge on any atom is -0.492 e. The van der Waals surface area contributed by atoms with Crippen molar-refractivity contribution in [1.82, 2.24) is 4.90 Å². The van der Waals surface area contributed by atoms with Gasteiger partial charge in [-0.15, -0.1) is 0 Å². The molecule has 0 N–H and O–H groups in total. The summed E-state index contributed by atoms with van der Waals surface area (Å²) in [6.07, 6.45) is 0. The molecule has 126 valence electrons. The lowest BCUT2D eigenvalue weighted by molar-refractivity contribution is 0.101. The number of Topliss-reactive ketones (excluding diaryl/α,β-unsaturated/α-hetero) is 1. The average Bonchev–Trinajstić information content (AvgIpc) is 2.72. The molecule has 0 amide bonds. The van der Waals surface area contributed by atoms with Crippen LogP contribution in [0.25, 0.3) is 0 Å². The Bertz CT molecular complexity index is 780. The minimum absolute atomic E-state index is 0.149. The molecule has 0 saturated carbocycles. The van der Waals surface area contributed by atoms with Gasteiger partial charge in [0.15, 0.2) is 5.78 Å². The van der Waals surface area contributed by atoms with Crippen LogP contribution in [0.2, 0.25) is 0 Å². The average molecular weight is 323 g/mol. The Kier molecular flexibility index (Phi) is 4.72. The molecule has 24 heavy (non-hydrogen) atoms. The van der Waals surface area contributed by atoms with Crippen LogP contribution in [-0.4, -0.2) is 23.8 Å². The predicted octanol–water partition coefficient (Wildman–Crippen LogP) is 4.21. The number of rotatable bonds is 3. The van der Waals surface area contributed by atoms with Crippen LogP contribution in [0.3, 0.4) is 0 Å². The Morgan fingerprint density at radius 2 is 1.92 bits per heavy atom. The number of benzene rings is 2. The SMILES string of the molecule is CC(=O)c1c(C)cc(C)c(CN2CCOc3ccccc3C2)c1C. The van der Waals surface area contributed by atoms with E-state index in [0.717, 1.165) is 42.1 Å². The van der Waals surface area contributed by atoms with E-state index in [9.17, 15) is 4.79 Å². The van der Waals surface area contributed by atoms with Gasteiger partial charge < -0.3 is 4.74 Å². The van der Waals surface area contributed by atoms with Crippen molar-refractivity contribution in [3.05, 3.63) is 63.7 Å². The van der Waals surface area contributed by atoms with Crippen molar-refractivity contribution >= 4 is 5.78 Å². The van der Waals surface area contributed by atoms with Crippen LogP contribution in [-0.2, 0) is 13.1 Å². The molecular formula is C21H25NO2. The lowest BCUT2D eigenvalue weighted by Crippen LogP contribution is -2.26. The third kappa shape index (κ3) is 3.22. The highest BCUT2D eigenvalue weighted by atomic mass is 16.5. The first kappa shape index (κ1) is 16.7. The molecule has 3 heteroatoms. The number of fused-ring (bicyclic) bond motifs is 1. The molecule has 3 rings (SSSR count). The molecule has 0 unspecified atom stereocenters. The molecule has 2 aromatic rings. The predicted molar refractivity (Wildman–Crippen MR) is 96.7 cm³/mol. The Morgan fingerprint density at radius 1 is 1.17 bits per heavy atom. The van der Waals surface area contributed by atoms with E-state index in [4.69, 9.17) is 4.74 Å². The number of nitrogens with zero attached hydrogens (tertiary/aromatic N) is 1. The highest BCUT2D eigenvalue weighted by Crippen LogP contribution is 2.27. The number of para-hydroxylation sites is 1. The normalized spacial score (nSPS) is 14.7. The second-order valence-electron chi connectivity index (χ2n) is 6.71. The molecule has 0 radical (unpaired) electrons. The van der Waals surface area contributed by atoms with Crippen LogP contribution in [0, 0.1) is 20.8 Å². The summed E-state index contributed by atoms with van der Waals surface area (Å²) in [5, 5.41) is 0. The van der Waals surface area contributed by atoms with E-state index in [-0.39, 0.29) is 5.78 Å². The van der Waals surface area contributed by atoms with Crippen LogP contribution in [0.15, 0.2) is 30.3 Å². The number of hydrogen-bond acceptors (Lipinski definition) is 3. The first-order valence-electron chi connectivity index (χ1n) is 8.51. The monoisotopic (exact) mass is 323 g/mol. The lowest BCUT2D eigenvalue weighted by Gasteiger charge is -2.23. The van der Waals surface area contributed by atoms with Crippen LogP contribution in [0.1, 0.15) is 45.1 Å². The van der Waals surface area contributed by atoms with Gasteiger partial charge in [0.25, 0.3) is 0 Å². The van der Waals surface area contributed by atoms with Gasteiger partial charge in [0.05, 0.1) is 0 Å². The number of carbonyl (C=O) groups is 1. The highest BCUT2D eigenvalue weighted by Gasteiger charge is 2.19. The summed E-state index contributed by atoms with van der Waals surface area (Å²) >= 11 is 0. The summed E-state index contributed by atoms with van der Waals surface area (Å²) in [5.74, 6) is 1.14. The van der Waals surface area contributed by atoms with Crippen molar-refractivity contribution < 1.29 is 9.53 Å². The quantitative estimate of drug-likeness (QED) is 0.793. The lowest BCUT2D eigenvalue weighted by atomic mass is 9.91. The number of carbonyl (C=O) groups excluding carboxylic acids is 1. The van der Waals surface area contributed by atoms with E-state index >= 15 is 0 Å². The fourth-order valence-corrected chi connectivity index (χ4v) is 3.75. The van der Waals surface area contributed by atoms with Gasteiger partial charge in [0.1, 0.15) is 12.4 Å². The van der Waals surface area contributed by atoms with Crippen LogP contribution in [0.5, 0.6) is 5.75 Å². The first-order chi connectivity index (χ1) is 11.5. The number of hydrogen-bond donors (Lipinski definition) is 0. The molecule has 0 spiro atoms. The molecule has 0 saturated heterocycles. The van der Waals surface area contributed by atoms with Gasteiger partial charge in [-0.25, -0.2) is 0 Å². The van der Waals surface area contributed by atoms with Crippen molar-refractivity contribution in [2.75, 3.05) is 13.2 Å². The summed E-state index contributed by atoms with van der Waals surface area (Å²) in [4.78, 5) is 14.4. The Balaban J connectivity index is 1.91. The summed E-state index contributed by atoms with van der Waals surface area (Å²) in [6, 6.07) is 10.4. The minimum atomic E-state index is 0.149. The van der Waals surface area contributed by atoms with Crippen molar-refractivity contribution in [2.24, 2.45) is 0 Å². The molecule has 0 aromatic heterocycles. The largest absolute Gasteiger partial charge is 0.492 e. The molecule has 0 aliphatic carbocycles. The number of aryl methyl sites for hydroxylation is 2. The van der Waals surface area contributed by atoms with Crippen LogP contribution < -0.4 is 4.74 Å². The van der Waals surface area contributed by atoms with E-state index in [1.54, 1.807) is 6.92 Å². The van der Waals surface area contributed by atoms with Crippen molar-refractivity contribution in [2.45, 2.75) is 40.8 Å². The zero-order valence-electron chi connectivity index (χ0n) is 15.0. The maximum Gasteiger partial charge on any atom is 0.160 e. The molecule has 2 aromatic carbocycles. The van der Waals surface area contributed by atoms with Gasteiger partial charge in [-0.3, -0.25) is 9.69 Å². The summed E-state index contributed by atoms with van der Waals surface area (Å²) < 4.78 is 5.86. The first-order valence-corrected chi connectivity index (χ1v) is 8.51. The number of ketones is 1. The second kappa shape index (κ2) is 6.78. The molecule has 0 atom stereocenters. The Labute approximate surface area is 144 Å². The van der Waals surface area contributed by atoms with Crippen molar-refractivity contribution in [1.29, 1.82) is 0 Å². The van der Waals surface area contributed by atoms with Gasteiger partial charge in [0, 0.05) is 30.8 Å². The van der Waals surface area contributed by atoms with Gasteiger partial charge >= 0.3 is 0 Å². The molecule has 0 bridgehead atoms. The third-order valence-electron chi connectivity index (χ3n) is 4.90. The second-order valence-corrected chi connectivity index (χ2v) is 6.71. The standard InChI is InChI=1S/C21H25NO2/c1-14-11-15(2)21(17(4)23)16(3)19(14)13-22-9-10-24-20-8-6-5-7-18(20)12-22/h5-8,11H,9-10,12-13H2,1-4H3. The van der Waals surface area contributed by atoms with E-state index in [0.29, 0.717) is 6.61 Å². The van der Waals surface area contributed by atoms with Crippen molar-refractivity contribution in [3.63, 3.8) is 0 Å². The van der Waals surface area contributed by atoms with Crippen LogP contribution >= 0.6 is 0 Å². The van der Waals surface area contributed by atoms with Crippen LogP contribution in [0.4, 0.5) is 0 Å². The maximum absolute atomic E-state index is 12.0. The van der Waals surface area contributed by atoms with Gasteiger partial charge in [0.2, 0.25) is 0 Å². The van der Waals surface area contributed by atoms with E-state index in [1.807, 2.05) is 19.1 Å². The molecule has 1 heterocycles.